The number of carbonyl (C=O) groups excluding carboxylic acids is 1. The van der Waals surface area contributed by atoms with Gasteiger partial charge in [0.2, 0.25) is 5.91 Å². The Morgan fingerprint density at radius 3 is 2.31 bits per heavy atom. The minimum absolute atomic E-state index is 0.0322. The molecule has 29 heavy (non-hydrogen) atoms. The van der Waals surface area contributed by atoms with E-state index in [0.717, 1.165) is 44.0 Å². The number of ether oxygens (including phenoxy) is 2. The van der Waals surface area contributed by atoms with Crippen molar-refractivity contribution < 1.29 is 14.3 Å². The van der Waals surface area contributed by atoms with Gasteiger partial charge in [-0.2, -0.15) is 0 Å². The van der Waals surface area contributed by atoms with Crippen LogP contribution in [0.1, 0.15) is 30.9 Å². The van der Waals surface area contributed by atoms with Gasteiger partial charge in [-0.25, -0.2) is 0 Å². The van der Waals surface area contributed by atoms with Crippen molar-refractivity contribution in [3.63, 3.8) is 0 Å². The molecule has 1 fully saturated rings. The first-order chi connectivity index (χ1) is 14.0. The lowest BCUT2D eigenvalue weighted by atomic mass is 9.95. The number of hydrogen-bond donors (Lipinski definition) is 1. The lowest BCUT2D eigenvalue weighted by molar-refractivity contribution is -0.127. The zero-order valence-corrected chi connectivity index (χ0v) is 17.7. The van der Waals surface area contributed by atoms with Gasteiger partial charge >= 0.3 is 0 Å². The summed E-state index contributed by atoms with van der Waals surface area (Å²) in [5.74, 6) is 1.81. The second kappa shape index (κ2) is 10.3. The first kappa shape index (κ1) is 21.2. The summed E-state index contributed by atoms with van der Waals surface area (Å²) < 4.78 is 10.9. The Bertz CT molecular complexity index is 766. The minimum atomic E-state index is -0.0322. The number of likely N-dealkylation sites (tertiary alicyclic amines) is 1. The predicted molar refractivity (Wildman–Crippen MR) is 115 cm³/mol. The van der Waals surface area contributed by atoms with Crippen molar-refractivity contribution in [3.8, 4) is 11.5 Å². The molecule has 1 atom stereocenters. The van der Waals surface area contributed by atoms with Gasteiger partial charge < -0.3 is 14.8 Å². The van der Waals surface area contributed by atoms with Gasteiger partial charge in [-0.3, -0.25) is 9.69 Å². The number of carbonyl (C=O) groups is 1. The SMILES string of the molecule is COc1ccc(OC[C@H](C)NC(=O)C2CCN(Cc3ccc(C)cc3)CC2)cc1. The Balaban J connectivity index is 1.37. The smallest absolute Gasteiger partial charge is 0.223 e. The van der Waals surface area contributed by atoms with Crippen molar-refractivity contribution in [2.24, 2.45) is 5.92 Å². The van der Waals surface area contributed by atoms with Crippen molar-refractivity contribution in [1.82, 2.24) is 10.2 Å². The van der Waals surface area contributed by atoms with E-state index >= 15 is 0 Å². The molecule has 0 spiro atoms. The lowest BCUT2D eigenvalue weighted by Crippen LogP contribution is -2.44. The number of nitrogens with one attached hydrogen (secondary N) is 1. The minimum Gasteiger partial charge on any atom is -0.497 e. The summed E-state index contributed by atoms with van der Waals surface area (Å²) in [4.78, 5) is 15.0. The molecule has 0 saturated carbocycles. The van der Waals surface area contributed by atoms with Crippen LogP contribution >= 0.6 is 0 Å². The number of hydrogen-bond acceptors (Lipinski definition) is 4. The first-order valence-electron chi connectivity index (χ1n) is 10.4. The van der Waals surface area contributed by atoms with E-state index in [1.807, 2.05) is 31.2 Å². The van der Waals surface area contributed by atoms with Crippen LogP contribution in [0.3, 0.4) is 0 Å². The molecular formula is C24H32N2O3. The number of aryl methyl sites for hydroxylation is 1. The van der Waals surface area contributed by atoms with Gasteiger partial charge in [0.25, 0.3) is 0 Å². The molecule has 0 bridgehead atoms. The molecule has 0 aromatic heterocycles. The summed E-state index contributed by atoms with van der Waals surface area (Å²) in [7, 11) is 1.64. The van der Waals surface area contributed by atoms with Crippen LogP contribution in [0.4, 0.5) is 0 Å². The Morgan fingerprint density at radius 1 is 1.07 bits per heavy atom. The quantitative estimate of drug-likeness (QED) is 0.737. The Labute approximate surface area is 174 Å². The third-order valence-electron chi connectivity index (χ3n) is 5.43. The molecule has 5 heteroatoms. The molecule has 0 aliphatic carbocycles. The van der Waals surface area contributed by atoms with Crippen molar-refractivity contribution in [3.05, 3.63) is 59.7 Å². The number of amides is 1. The average Bonchev–Trinajstić information content (AvgIpc) is 2.75. The highest BCUT2D eigenvalue weighted by atomic mass is 16.5. The Kier molecular flexibility index (Phi) is 7.53. The van der Waals surface area contributed by atoms with E-state index in [0.29, 0.717) is 6.61 Å². The van der Waals surface area contributed by atoms with Crippen molar-refractivity contribution in [1.29, 1.82) is 0 Å². The predicted octanol–water partition coefficient (Wildman–Crippen LogP) is 3.80. The van der Waals surface area contributed by atoms with Crippen molar-refractivity contribution in [2.45, 2.75) is 39.3 Å². The Morgan fingerprint density at radius 2 is 1.69 bits per heavy atom. The molecule has 156 valence electrons. The summed E-state index contributed by atoms with van der Waals surface area (Å²) in [5.41, 5.74) is 2.62. The molecule has 0 radical (unpaired) electrons. The van der Waals surface area contributed by atoms with Crippen molar-refractivity contribution >= 4 is 5.91 Å². The zero-order chi connectivity index (χ0) is 20.6. The van der Waals surface area contributed by atoms with E-state index in [1.54, 1.807) is 7.11 Å². The van der Waals surface area contributed by atoms with Gasteiger partial charge in [0.1, 0.15) is 18.1 Å². The lowest BCUT2D eigenvalue weighted by Gasteiger charge is -2.32. The van der Waals surface area contributed by atoms with E-state index in [2.05, 4.69) is 41.4 Å². The molecule has 1 N–H and O–H groups in total. The molecule has 1 aliphatic rings. The van der Waals surface area contributed by atoms with Crippen molar-refractivity contribution in [2.75, 3.05) is 26.8 Å². The van der Waals surface area contributed by atoms with Crippen LogP contribution in [0.25, 0.3) is 0 Å². The normalized spacial score (nSPS) is 16.2. The summed E-state index contributed by atoms with van der Waals surface area (Å²) in [5, 5.41) is 3.11. The maximum atomic E-state index is 12.6. The molecular weight excluding hydrogens is 364 g/mol. The van der Waals surface area contributed by atoms with E-state index in [4.69, 9.17) is 9.47 Å². The summed E-state index contributed by atoms with van der Waals surface area (Å²) >= 11 is 0. The summed E-state index contributed by atoms with van der Waals surface area (Å²) in [6.07, 6.45) is 1.81. The van der Waals surface area contributed by atoms with Crippen LogP contribution in [0, 0.1) is 12.8 Å². The van der Waals surface area contributed by atoms with E-state index in [1.165, 1.54) is 11.1 Å². The van der Waals surface area contributed by atoms with Gasteiger partial charge in [-0.05, 0) is 69.6 Å². The van der Waals surface area contributed by atoms with Gasteiger partial charge in [0.05, 0.1) is 13.2 Å². The van der Waals surface area contributed by atoms with E-state index in [-0.39, 0.29) is 17.9 Å². The Hall–Kier alpha value is -2.53. The number of benzene rings is 2. The molecule has 1 amide bonds. The van der Waals surface area contributed by atoms with Gasteiger partial charge in [0.15, 0.2) is 0 Å². The van der Waals surface area contributed by atoms with Crippen LogP contribution < -0.4 is 14.8 Å². The van der Waals surface area contributed by atoms with Crippen LogP contribution in [0.5, 0.6) is 11.5 Å². The second-order valence-electron chi connectivity index (χ2n) is 7.93. The fraction of sp³-hybridized carbons (Fsp3) is 0.458. The first-order valence-corrected chi connectivity index (χ1v) is 10.4. The van der Waals surface area contributed by atoms with Crippen LogP contribution in [0.15, 0.2) is 48.5 Å². The zero-order valence-electron chi connectivity index (χ0n) is 17.7. The van der Waals surface area contributed by atoms with Gasteiger partial charge in [0, 0.05) is 12.5 Å². The van der Waals surface area contributed by atoms with Gasteiger partial charge in [-0.15, -0.1) is 0 Å². The molecule has 5 nitrogen and oxygen atoms in total. The fourth-order valence-electron chi connectivity index (χ4n) is 3.60. The number of methoxy groups -OCH3 is 1. The maximum Gasteiger partial charge on any atom is 0.223 e. The fourth-order valence-corrected chi connectivity index (χ4v) is 3.60. The second-order valence-corrected chi connectivity index (χ2v) is 7.93. The number of piperidine rings is 1. The standard InChI is InChI=1S/C24H32N2O3/c1-18-4-6-20(7-5-18)16-26-14-12-21(13-15-26)24(27)25-19(2)17-29-23-10-8-22(28-3)9-11-23/h4-11,19,21H,12-17H2,1-3H3,(H,25,27)/t19-/m0/s1. The molecule has 3 rings (SSSR count). The van der Waals surface area contributed by atoms with Gasteiger partial charge in [-0.1, -0.05) is 29.8 Å². The third-order valence-corrected chi connectivity index (χ3v) is 5.43. The topological polar surface area (TPSA) is 50.8 Å². The highest BCUT2D eigenvalue weighted by Crippen LogP contribution is 2.20. The van der Waals surface area contributed by atoms with Crippen LogP contribution in [-0.4, -0.2) is 43.7 Å². The summed E-state index contributed by atoms with van der Waals surface area (Å²) in [6, 6.07) is 16.1. The van der Waals surface area contributed by atoms with Crippen LogP contribution in [-0.2, 0) is 11.3 Å². The molecule has 1 aliphatic heterocycles. The molecule has 1 heterocycles. The highest BCUT2D eigenvalue weighted by molar-refractivity contribution is 5.79. The van der Waals surface area contributed by atoms with Crippen LogP contribution in [0.2, 0.25) is 0 Å². The monoisotopic (exact) mass is 396 g/mol. The molecule has 0 unspecified atom stereocenters. The molecule has 2 aromatic carbocycles. The molecule has 1 saturated heterocycles. The number of nitrogens with zero attached hydrogens (tertiary/aromatic N) is 1. The maximum absolute atomic E-state index is 12.6. The van der Waals surface area contributed by atoms with E-state index in [9.17, 15) is 4.79 Å². The average molecular weight is 397 g/mol. The largest absolute Gasteiger partial charge is 0.497 e. The molecule has 2 aromatic rings. The third kappa shape index (κ3) is 6.50. The highest BCUT2D eigenvalue weighted by Gasteiger charge is 2.25. The summed E-state index contributed by atoms with van der Waals surface area (Å²) in [6.45, 7) is 7.42. The van der Waals surface area contributed by atoms with E-state index < -0.39 is 0 Å². The number of rotatable bonds is 8.